The summed E-state index contributed by atoms with van der Waals surface area (Å²) in [7, 11) is 1.52. The minimum absolute atomic E-state index is 0.0262. The molecular weight excluding hydrogens is 549 g/mol. The first kappa shape index (κ1) is 27.1. The van der Waals surface area contributed by atoms with Crippen molar-refractivity contribution >= 4 is 22.8 Å². The predicted molar refractivity (Wildman–Crippen MR) is 151 cm³/mol. The lowest BCUT2D eigenvalue weighted by Crippen LogP contribution is -2.26. The molecule has 12 heteroatoms. The third kappa shape index (κ3) is 5.10. The number of rotatable bonds is 7. The number of H-pyrrole nitrogens is 1. The average Bonchev–Trinajstić information content (AvgIpc) is 3.57. The molecule has 1 unspecified atom stereocenters. The third-order valence-corrected chi connectivity index (χ3v) is 8.05. The first-order valence-corrected chi connectivity index (χ1v) is 13.9. The first-order chi connectivity index (χ1) is 19.7. The number of nitrogens with zero attached hydrogens (tertiary/aromatic N) is 6. The van der Waals surface area contributed by atoms with Gasteiger partial charge in [-0.15, -0.1) is 0 Å². The molecule has 10 nitrogen and oxygen atoms in total. The Bertz CT molecular complexity index is 1770. The van der Waals surface area contributed by atoms with Gasteiger partial charge in [0.2, 0.25) is 11.6 Å². The van der Waals surface area contributed by atoms with Crippen molar-refractivity contribution in [2.75, 3.05) is 7.11 Å². The molecule has 41 heavy (non-hydrogen) atoms. The zero-order valence-corrected chi connectivity index (χ0v) is 23.7. The molecule has 1 fully saturated rings. The fourth-order valence-corrected chi connectivity index (χ4v) is 5.84. The van der Waals surface area contributed by atoms with Gasteiger partial charge in [0.1, 0.15) is 17.0 Å². The van der Waals surface area contributed by atoms with Crippen molar-refractivity contribution in [1.29, 1.82) is 0 Å². The molecule has 1 aliphatic rings. The van der Waals surface area contributed by atoms with Crippen molar-refractivity contribution in [2.24, 2.45) is 11.8 Å². The van der Waals surface area contributed by atoms with Crippen molar-refractivity contribution in [3.63, 3.8) is 0 Å². The van der Waals surface area contributed by atoms with Gasteiger partial charge in [-0.1, -0.05) is 54.7 Å². The fourth-order valence-electron chi connectivity index (χ4n) is 5.67. The molecular formula is C29H29ClFN7O3. The lowest BCUT2D eigenvalue weighted by molar-refractivity contribution is 0.209. The Morgan fingerprint density at radius 1 is 1.17 bits per heavy atom. The van der Waals surface area contributed by atoms with Gasteiger partial charge in [-0.3, -0.25) is 14.5 Å². The Kier molecular flexibility index (Phi) is 7.06. The topological polar surface area (TPSA) is 125 Å². The molecule has 0 amide bonds. The molecule has 4 heterocycles. The van der Waals surface area contributed by atoms with Crippen LogP contribution < -0.4 is 10.5 Å². The SMILES string of the molecule is COc1ccccc1C(C)(F)c1nc2nc(-c3noc(=O)[nH]3)nc(-c3cncc(Cl)c3)c2n1C[C@H]1CC[C@H](C)CC1. The minimum Gasteiger partial charge on any atom is -0.496 e. The molecule has 6 rings (SSSR count). The van der Waals surface area contributed by atoms with E-state index in [4.69, 9.17) is 30.8 Å². The lowest BCUT2D eigenvalue weighted by Gasteiger charge is -2.29. The number of imidazole rings is 1. The fraction of sp³-hybridized carbons (Fsp3) is 0.379. The molecule has 1 aliphatic carbocycles. The second-order valence-electron chi connectivity index (χ2n) is 10.8. The number of aromatic amines is 1. The monoisotopic (exact) mass is 577 g/mol. The number of halogens is 2. The van der Waals surface area contributed by atoms with Crippen molar-refractivity contribution < 1.29 is 13.7 Å². The lowest BCUT2D eigenvalue weighted by atomic mass is 9.83. The van der Waals surface area contributed by atoms with E-state index in [0.29, 0.717) is 51.5 Å². The molecule has 0 aliphatic heterocycles. The molecule has 4 aromatic heterocycles. The summed E-state index contributed by atoms with van der Waals surface area (Å²) < 4.78 is 29.4. The quantitative estimate of drug-likeness (QED) is 0.251. The van der Waals surface area contributed by atoms with Crippen LogP contribution in [-0.2, 0) is 12.2 Å². The molecule has 1 N–H and O–H groups in total. The van der Waals surface area contributed by atoms with Crippen molar-refractivity contribution in [3.8, 4) is 28.7 Å². The van der Waals surface area contributed by atoms with Crippen molar-refractivity contribution in [2.45, 2.75) is 51.7 Å². The highest BCUT2D eigenvalue weighted by Gasteiger charge is 2.39. The normalized spacial score (nSPS) is 18.9. The van der Waals surface area contributed by atoms with E-state index in [9.17, 15) is 4.79 Å². The van der Waals surface area contributed by atoms with Gasteiger partial charge >= 0.3 is 5.76 Å². The summed E-state index contributed by atoms with van der Waals surface area (Å²) >= 11 is 6.33. The number of hydrogen-bond acceptors (Lipinski definition) is 8. The van der Waals surface area contributed by atoms with Gasteiger partial charge in [-0.05, 0) is 43.7 Å². The van der Waals surface area contributed by atoms with Crippen LogP contribution in [0.3, 0.4) is 0 Å². The van der Waals surface area contributed by atoms with Gasteiger partial charge in [-0.2, -0.15) is 0 Å². The second-order valence-corrected chi connectivity index (χ2v) is 11.2. The summed E-state index contributed by atoms with van der Waals surface area (Å²) in [6, 6.07) is 8.71. The van der Waals surface area contributed by atoms with Crippen molar-refractivity contribution in [1.82, 2.24) is 34.6 Å². The molecule has 0 spiro atoms. The highest BCUT2D eigenvalue weighted by molar-refractivity contribution is 6.30. The number of fused-ring (bicyclic) bond motifs is 1. The van der Waals surface area contributed by atoms with Crippen LogP contribution in [0, 0.1) is 11.8 Å². The molecule has 1 saturated carbocycles. The Hall–Kier alpha value is -4.12. The highest BCUT2D eigenvalue weighted by Crippen LogP contribution is 2.42. The van der Waals surface area contributed by atoms with Crippen molar-refractivity contribution in [3.05, 3.63) is 69.7 Å². The van der Waals surface area contributed by atoms with Crippen LogP contribution in [0.1, 0.15) is 50.9 Å². The Labute approximate surface area is 240 Å². The van der Waals surface area contributed by atoms with Crippen LogP contribution in [0.4, 0.5) is 4.39 Å². The summed E-state index contributed by atoms with van der Waals surface area (Å²) in [6.45, 7) is 4.27. The number of pyridine rings is 1. The standard InChI is InChI=1S/C29H29ClFN7O3/c1-16-8-10-17(11-9-16)15-38-23-22(18-12-19(30)14-32-13-18)33-25(26-36-28(39)41-37-26)34-24(23)35-27(38)29(2,31)20-6-4-5-7-21(20)40-3/h4-7,12-14,16-17H,8-11,15H2,1-3H3,(H,36,37,39)/t16-,17-,29?. The number of methoxy groups -OCH3 is 1. The molecule has 212 valence electrons. The third-order valence-electron chi connectivity index (χ3n) is 7.84. The van der Waals surface area contributed by atoms with E-state index in [2.05, 4.69) is 27.0 Å². The van der Waals surface area contributed by atoms with Crippen LogP contribution in [0.25, 0.3) is 34.1 Å². The maximum absolute atomic E-state index is 17.2. The smallest absolute Gasteiger partial charge is 0.439 e. The number of benzene rings is 1. The van der Waals surface area contributed by atoms with Crippen LogP contribution in [0.15, 0.2) is 52.0 Å². The van der Waals surface area contributed by atoms with E-state index >= 15 is 4.39 Å². The average molecular weight is 578 g/mol. The first-order valence-electron chi connectivity index (χ1n) is 13.5. The van der Waals surface area contributed by atoms with Crippen LogP contribution in [0.5, 0.6) is 5.75 Å². The maximum atomic E-state index is 17.2. The molecule has 1 aromatic carbocycles. The van der Waals surface area contributed by atoms with Crippen LogP contribution in [0.2, 0.25) is 5.02 Å². The maximum Gasteiger partial charge on any atom is 0.439 e. The summed E-state index contributed by atoms with van der Waals surface area (Å²) in [5, 5.41) is 4.16. The molecule has 0 radical (unpaired) electrons. The van der Waals surface area contributed by atoms with Crippen LogP contribution in [-0.4, -0.2) is 41.8 Å². The molecule has 0 bridgehead atoms. The summed E-state index contributed by atoms with van der Waals surface area (Å²) in [4.78, 5) is 32.6. The summed E-state index contributed by atoms with van der Waals surface area (Å²) in [5.74, 6) is 0.902. The van der Waals surface area contributed by atoms with E-state index in [1.165, 1.54) is 20.2 Å². The minimum atomic E-state index is -2.05. The molecule has 0 saturated heterocycles. The number of ether oxygens (including phenoxy) is 1. The van der Waals surface area contributed by atoms with E-state index in [0.717, 1.165) is 25.7 Å². The number of nitrogens with one attached hydrogen (secondary N) is 1. The highest BCUT2D eigenvalue weighted by atomic mass is 35.5. The van der Waals surface area contributed by atoms with E-state index < -0.39 is 11.4 Å². The largest absolute Gasteiger partial charge is 0.496 e. The van der Waals surface area contributed by atoms with E-state index in [-0.39, 0.29) is 23.1 Å². The summed E-state index contributed by atoms with van der Waals surface area (Å²) in [6.07, 6.45) is 7.40. The number of aromatic nitrogens is 7. The zero-order valence-electron chi connectivity index (χ0n) is 22.9. The number of para-hydroxylation sites is 1. The van der Waals surface area contributed by atoms with Gasteiger partial charge in [0.25, 0.3) is 0 Å². The van der Waals surface area contributed by atoms with Gasteiger partial charge in [0.05, 0.1) is 12.1 Å². The molecule has 5 aromatic rings. The predicted octanol–water partition coefficient (Wildman–Crippen LogP) is 5.95. The van der Waals surface area contributed by atoms with Crippen LogP contribution >= 0.6 is 11.6 Å². The number of alkyl halides is 1. The van der Waals surface area contributed by atoms with E-state index in [1.54, 1.807) is 36.5 Å². The number of hydrogen-bond donors (Lipinski definition) is 1. The van der Waals surface area contributed by atoms with E-state index in [1.807, 2.05) is 4.57 Å². The molecule has 1 atom stereocenters. The Morgan fingerprint density at radius 2 is 1.95 bits per heavy atom. The van der Waals surface area contributed by atoms with Gasteiger partial charge in [0, 0.05) is 30.1 Å². The Morgan fingerprint density at radius 3 is 2.66 bits per heavy atom. The van der Waals surface area contributed by atoms with Gasteiger partial charge in [-0.25, -0.2) is 24.1 Å². The zero-order chi connectivity index (χ0) is 28.7. The second kappa shape index (κ2) is 10.7. The van der Waals surface area contributed by atoms with Gasteiger partial charge < -0.3 is 9.30 Å². The van der Waals surface area contributed by atoms with Gasteiger partial charge in [0.15, 0.2) is 17.1 Å². The summed E-state index contributed by atoms with van der Waals surface area (Å²) in [5.41, 5.74) is 0.0862. The Balaban J connectivity index is 1.64.